The molecule has 3 aromatic rings. The lowest BCUT2D eigenvalue weighted by Crippen LogP contribution is -2.63. The number of benzene rings is 2. The molecule has 182 valence electrons. The highest BCUT2D eigenvalue weighted by Gasteiger charge is 2.55. The first-order valence-corrected chi connectivity index (χ1v) is 12.1. The van der Waals surface area contributed by atoms with Gasteiger partial charge in [0, 0.05) is 29.8 Å². The normalized spacial score (nSPS) is 18.7. The summed E-state index contributed by atoms with van der Waals surface area (Å²) < 4.78 is 0. The van der Waals surface area contributed by atoms with Crippen LogP contribution in [-0.4, -0.2) is 45.2 Å². The molecule has 0 amide bonds. The standard InChI is InChI=1S/C30H35N3O2/c1-21(2)24-10-12-25(13-11-24)30(35,28(4)18-33(6)19-28)26-9-7-8-23(17-26)14-15-29(5,34)27-16-22(3)31-20-32-27/h7-13,16-17,20-21,34-35H,18-19H2,1-6H3/t29-,30-/m0/s1. The van der Waals surface area contributed by atoms with Crippen molar-refractivity contribution in [2.75, 3.05) is 20.1 Å². The molecule has 0 unspecified atom stereocenters. The third kappa shape index (κ3) is 4.75. The van der Waals surface area contributed by atoms with E-state index in [9.17, 15) is 10.2 Å². The van der Waals surface area contributed by atoms with Crippen LogP contribution in [0.25, 0.3) is 0 Å². The molecule has 0 saturated carbocycles. The van der Waals surface area contributed by atoms with Gasteiger partial charge in [-0.1, -0.05) is 69.0 Å². The van der Waals surface area contributed by atoms with Gasteiger partial charge in [0.1, 0.15) is 11.9 Å². The van der Waals surface area contributed by atoms with Crippen LogP contribution in [0, 0.1) is 24.2 Å². The Morgan fingerprint density at radius 1 is 1.00 bits per heavy atom. The molecule has 0 aliphatic carbocycles. The van der Waals surface area contributed by atoms with Gasteiger partial charge in [0.2, 0.25) is 0 Å². The summed E-state index contributed by atoms with van der Waals surface area (Å²) in [6, 6.07) is 17.8. The molecule has 0 radical (unpaired) electrons. The van der Waals surface area contributed by atoms with Gasteiger partial charge in [-0.3, -0.25) is 0 Å². The molecule has 4 rings (SSSR count). The lowest BCUT2D eigenvalue weighted by molar-refractivity contribution is -0.127. The van der Waals surface area contributed by atoms with E-state index in [2.05, 4.69) is 78.8 Å². The minimum Gasteiger partial charge on any atom is -0.380 e. The maximum absolute atomic E-state index is 12.4. The minimum absolute atomic E-state index is 0.350. The van der Waals surface area contributed by atoms with E-state index in [-0.39, 0.29) is 5.41 Å². The molecule has 35 heavy (non-hydrogen) atoms. The first-order chi connectivity index (χ1) is 16.4. The number of aromatic nitrogens is 2. The fraction of sp³-hybridized carbons (Fsp3) is 0.400. The number of likely N-dealkylation sites (tertiary alicyclic amines) is 1. The Morgan fingerprint density at radius 2 is 1.69 bits per heavy atom. The summed E-state index contributed by atoms with van der Waals surface area (Å²) in [6.07, 6.45) is 1.43. The van der Waals surface area contributed by atoms with E-state index in [4.69, 9.17) is 0 Å². The zero-order valence-corrected chi connectivity index (χ0v) is 21.5. The van der Waals surface area contributed by atoms with Crippen LogP contribution < -0.4 is 0 Å². The van der Waals surface area contributed by atoms with Crippen molar-refractivity contribution in [3.8, 4) is 11.8 Å². The number of aliphatic hydroxyl groups is 2. The van der Waals surface area contributed by atoms with E-state index in [1.54, 1.807) is 13.0 Å². The molecule has 0 bridgehead atoms. The predicted octanol–water partition coefficient (Wildman–Crippen LogP) is 4.36. The maximum Gasteiger partial charge on any atom is 0.165 e. The monoisotopic (exact) mass is 469 g/mol. The second-order valence-corrected chi connectivity index (χ2v) is 10.7. The van der Waals surface area contributed by atoms with E-state index in [1.165, 1.54) is 11.9 Å². The molecule has 5 nitrogen and oxygen atoms in total. The van der Waals surface area contributed by atoms with Crippen LogP contribution >= 0.6 is 0 Å². The Balaban J connectivity index is 1.75. The first kappa shape index (κ1) is 25.1. The molecule has 1 saturated heterocycles. The van der Waals surface area contributed by atoms with Gasteiger partial charge in [-0.15, -0.1) is 0 Å². The van der Waals surface area contributed by atoms with Crippen molar-refractivity contribution in [2.24, 2.45) is 5.41 Å². The van der Waals surface area contributed by atoms with Gasteiger partial charge in [0.05, 0.1) is 5.69 Å². The molecule has 0 spiro atoms. The summed E-state index contributed by atoms with van der Waals surface area (Å²) in [5.74, 6) is 6.49. The smallest absolute Gasteiger partial charge is 0.165 e. The van der Waals surface area contributed by atoms with Crippen LogP contribution in [0.4, 0.5) is 0 Å². The minimum atomic E-state index is -1.42. The second kappa shape index (κ2) is 9.20. The molecule has 2 N–H and O–H groups in total. The number of aryl methyl sites for hydroxylation is 1. The Morgan fingerprint density at radius 3 is 2.29 bits per heavy atom. The zero-order chi connectivity index (χ0) is 25.4. The highest BCUT2D eigenvalue weighted by atomic mass is 16.3. The van der Waals surface area contributed by atoms with Gasteiger partial charge in [0.15, 0.2) is 5.60 Å². The molecule has 2 heterocycles. The quantitative estimate of drug-likeness (QED) is 0.544. The molecule has 1 aliphatic rings. The first-order valence-electron chi connectivity index (χ1n) is 12.1. The fourth-order valence-corrected chi connectivity index (χ4v) is 5.15. The van der Waals surface area contributed by atoms with E-state index in [1.807, 2.05) is 31.2 Å². The molecule has 2 atom stereocenters. The maximum atomic E-state index is 12.4. The number of rotatable bonds is 5. The summed E-state index contributed by atoms with van der Waals surface area (Å²) in [7, 11) is 2.07. The van der Waals surface area contributed by atoms with Crippen LogP contribution in [0.2, 0.25) is 0 Å². The van der Waals surface area contributed by atoms with Crippen molar-refractivity contribution in [3.05, 3.63) is 94.6 Å². The van der Waals surface area contributed by atoms with Crippen molar-refractivity contribution in [3.63, 3.8) is 0 Å². The molecule has 1 fully saturated rings. The van der Waals surface area contributed by atoms with Crippen LogP contribution in [0.15, 0.2) is 60.9 Å². The zero-order valence-electron chi connectivity index (χ0n) is 21.5. The van der Waals surface area contributed by atoms with Gasteiger partial charge in [-0.05, 0) is 61.7 Å². The van der Waals surface area contributed by atoms with Crippen molar-refractivity contribution in [1.29, 1.82) is 0 Å². The Labute approximate surface area is 208 Å². The molecule has 5 heteroatoms. The van der Waals surface area contributed by atoms with Gasteiger partial charge in [-0.25, -0.2) is 9.97 Å². The van der Waals surface area contributed by atoms with Gasteiger partial charge in [0.25, 0.3) is 0 Å². The SMILES string of the molecule is Cc1cc([C@@](C)(O)C#Cc2cccc([C@@](O)(c3ccc(C(C)C)cc3)C3(C)CN(C)C3)c2)ncn1. The highest BCUT2D eigenvalue weighted by Crippen LogP contribution is 2.50. The van der Waals surface area contributed by atoms with Crippen LogP contribution in [0.1, 0.15) is 67.3 Å². The Kier molecular flexibility index (Phi) is 6.59. The van der Waals surface area contributed by atoms with Crippen molar-refractivity contribution >= 4 is 0 Å². The fourth-order valence-electron chi connectivity index (χ4n) is 5.15. The van der Waals surface area contributed by atoms with E-state index < -0.39 is 11.2 Å². The summed E-state index contributed by atoms with van der Waals surface area (Å²) in [6.45, 7) is 11.5. The van der Waals surface area contributed by atoms with E-state index in [0.29, 0.717) is 11.6 Å². The van der Waals surface area contributed by atoms with E-state index in [0.717, 1.165) is 35.5 Å². The molecular weight excluding hydrogens is 434 g/mol. The van der Waals surface area contributed by atoms with Gasteiger partial charge >= 0.3 is 0 Å². The summed E-state index contributed by atoms with van der Waals surface area (Å²) >= 11 is 0. The number of nitrogens with zero attached hydrogens (tertiary/aromatic N) is 3. The van der Waals surface area contributed by atoms with Crippen LogP contribution in [0.3, 0.4) is 0 Å². The molecule has 1 aromatic heterocycles. The third-order valence-electron chi connectivity index (χ3n) is 7.14. The predicted molar refractivity (Wildman–Crippen MR) is 139 cm³/mol. The highest BCUT2D eigenvalue weighted by molar-refractivity contribution is 5.47. The average Bonchev–Trinajstić information content (AvgIpc) is 2.81. The lowest BCUT2D eigenvalue weighted by Gasteiger charge is -2.56. The average molecular weight is 470 g/mol. The summed E-state index contributed by atoms with van der Waals surface area (Å²) in [5.41, 5.74) is 1.93. The number of hydrogen-bond acceptors (Lipinski definition) is 5. The largest absolute Gasteiger partial charge is 0.380 e. The second-order valence-electron chi connectivity index (χ2n) is 10.7. The van der Waals surface area contributed by atoms with Crippen molar-refractivity contribution < 1.29 is 10.2 Å². The van der Waals surface area contributed by atoms with Crippen molar-refractivity contribution in [1.82, 2.24) is 14.9 Å². The molecular formula is C30H35N3O2. The van der Waals surface area contributed by atoms with Crippen molar-refractivity contribution in [2.45, 2.75) is 51.7 Å². The Hall–Kier alpha value is -3.04. The van der Waals surface area contributed by atoms with Crippen LogP contribution in [0.5, 0.6) is 0 Å². The van der Waals surface area contributed by atoms with E-state index >= 15 is 0 Å². The lowest BCUT2D eigenvalue weighted by atomic mass is 9.62. The molecule has 2 aromatic carbocycles. The number of hydrogen-bond donors (Lipinski definition) is 2. The summed E-state index contributed by atoms with van der Waals surface area (Å²) in [4.78, 5) is 10.5. The summed E-state index contributed by atoms with van der Waals surface area (Å²) in [5, 5.41) is 23.3. The topological polar surface area (TPSA) is 69.5 Å². The van der Waals surface area contributed by atoms with Gasteiger partial charge in [-0.2, -0.15) is 0 Å². The third-order valence-corrected chi connectivity index (χ3v) is 7.14. The van der Waals surface area contributed by atoms with Crippen LogP contribution in [-0.2, 0) is 11.2 Å². The van der Waals surface area contributed by atoms with Gasteiger partial charge < -0.3 is 15.1 Å². The molecule has 1 aliphatic heterocycles. The Bertz CT molecular complexity index is 1260.